The number of carboxylic acids is 1. The molecule has 0 radical (unpaired) electrons. The van der Waals surface area contributed by atoms with E-state index >= 15 is 0 Å². The Labute approximate surface area is 78.2 Å². The maximum atomic E-state index is 10.6. The molecule has 0 amide bonds. The van der Waals surface area contributed by atoms with Crippen LogP contribution in [0.1, 0.15) is 10.4 Å². The van der Waals surface area contributed by atoms with Crippen molar-refractivity contribution in [1.82, 2.24) is 0 Å². The number of carbonyl (C=O) groups is 1. The van der Waals surface area contributed by atoms with Gasteiger partial charge in [-0.2, -0.15) is 5.10 Å². The van der Waals surface area contributed by atoms with Crippen LogP contribution in [0.5, 0.6) is 0 Å². The highest BCUT2D eigenvalue weighted by molar-refractivity contribution is 7.14. The van der Waals surface area contributed by atoms with Gasteiger partial charge in [-0.15, -0.1) is 11.3 Å². The normalized spacial score (nSPS) is 10.2. The number of aromatic carboxylic acids is 1. The number of hydrogen-bond acceptors (Lipinski definition) is 4. The van der Waals surface area contributed by atoms with Crippen LogP contribution in [0.25, 0.3) is 0 Å². The molecule has 0 unspecified atom stereocenters. The third-order valence-corrected chi connectivity index (χ3v) is 2.04. The van der Waals surface area contributed by atoms with Crippen molar-refractivity contribution in [1.29, 1.82) is 0 Å². The van der Waals surface area contributed by atoms with Gasteiger partial charge in [-0.3, -0.25) is 10.8 Å². The van der Waals surface area contributed by atoms with Gasteiger partial charge in [-0.25, -0.2) is 4.79 Å². The lowest BCUT2D eigenvalue weighted by atomic mass is 10.3. The average molecular weight is 198 g/mol. The van der Waals surface area contributed by atoms with E-state index in [9.17, 15) is 4.79 Å². The number of nitrogens with zero attached hydrogens (tertiary/aromatic N) is 1. The van der Waals surface area contributed by atoms with E-state index < -0.39 is 5.97 Å². The SMILES string of the molecule is [NH2+]=C/C=N\Nc1sccc1C(=O)O. The Morgan fingerprint density at radius 3 is 3.15 bits per heavy atom. The predicted octanol–water partition coefficient (Wildman–Crippen LogP) is -0.326. The maximum absolute atomic E-state index is 10.6. The lowest BCUT2D eigenvalue weighted by molar-refractivity contribution is -0.102. The largest absolute Gasteiger partial charge is 0.478 e. The maximum Gasteiger partial charge on any atom is 0.338 e. The van der Waals surface area contributed by atoms with Crippen LogP contribution in [0.2, 0.25) is 0 Å². The average Bonchev–Trinajstić information content (AvgIpc) is 2.53. The summed E-state index contributed by atoms with van der Waals surface area (Å²) in [6.07, 6.45) is 2.59. The van der Waals surface area contributed by atoms with Gasteiger partial charge in [0.2, 0.25) is 0 Å². The smallest absolute Gasteiger partial charge is 0.338 e. The van der Waals surface area contributed by atoms with Crippen LogP contribution < -0.4 is 10.8 Å². The van der Waals surface area contributed by atoms with Gasteiger partial charge < -0.3 is 5.11 Å². The molecule has 0 atom stereocenters. The summed E-state index contributed by atoms with van der Waals surface area (Å²) in [4.78, 5) is 10.6. The molecule has 4 N–H and O–H groups in total. The third-order valence-electron chi connectivity index (χ3n) is 1.22. The molecular formula is C7H8N3O2S+. The number of nitrogens with two attached hydrogens (primary N) is 1. The first kappa shape index (κ1) is 9.40. The predicted molar refractivity (Wildman–Crippen MR) is 51.4 cm³/mol. The summed E-state index contributed by atoms with van der Waals surface area (Å²) in [7, 11) is 0. The number of rotatable bonds is 4. The van der Waals surface area contributed by atoms with Gasteiger partial charge >= 0.3 is 5.97 Å². The molecule has 0 saturated carbocycles. The van der Waals surface area contributed by atoms with Crippen molar-refractivity contribution >= 4 is 34.7 Å². The quantitative estimate of drug-likeness (QED) is 0.457. The van der Waals surface area contributed by atoms with Gasteiger partial charge in [0.1, 0.15) is 11.2 Å². The van der Waals surface area contributed by atoms with Crippen LogP contribution in [0, 0.1) is 0 Å². The summed E-state index contributed by atoms with van der Waals surface area (Å²) in [6.45, 7) is 0. The molecule has 68 valence electrons. The Kier molecular flexibility index (Phi) is 3.15. The molecule has 6 heteroatoms. The van der Waals surface area contributed by atoms with E-state index in [-0.39, 0.29) is 5.56 Å². The number of nitrogens with one attached hydrogen (secondary N) is 1. The zero-order chi connectivity index (χ0) is 9.68. The van der Waals surface area contributed by atoms with Crippen LogP contribution >= 0.6 is 11.3 Å². The van der Waals surface area contributed by atoms with Crippen LogP contribution in [0.15, 0.2) is 16.5 Å². The van der Waals surface area contributed by atoms with E-state index in [0.717, 1.165) is 0 Å². The Balaban J connectivity index is 2.76. The molecule has 0 spiro atoms. The van der Waals surface area contributed by atoms with Crippen molar-refractivity contribution in [3.8, 4) is 0 Å². The summed E-state index contributed by atoms with van der Waals surface area (Å²) >= 11 is 1.27. The van der Waals surface area contributed by atoms with E-state index in [2.05, 4.69) is 10.5 Å². The molecule has 0 aliphatic rings. The minimum Gasteiger partial charge on any atom is -0.478 e. The summed E-state index contributed by atoms with van der Waals surface area (Å²) in [6, 6.07) is 1.51. The minimum atomic E-state index is -0.976. The van der Waals surface area contributed by atoms with E-state index in [0.29, 0.717) is 5.00 Å². The monoisotopic (exact) mass is 198 g/mol. The number of hydrazone groups is 1. The fraction of sp³-hybridized carbons (Fsp3) is 0. The van der Waals surface area contributed by atoms with E-state index in [1.165, 1.54) is 29.8 Å². The summed E-state index contributed by atoms with van der Waals surface area (Å²) in [5.74, 6) is -0.976. The second kappa shape index (κ2) is 4.36. The van der Waals surface area contributed by atoms with Crippen LogP contribution in [0.4, 0.5) is 5.00 Å². The molecule has 0 saturated heterocycles. The lowest BCUT2D eigenvalue weighted by Crippen LogP contribution is -2.30. The summed E-state index contributed by atoms with van der Waals surface area (Å²) in [5.41, 5.74) is 2.78. The lowest BCUT2D eigenvalue weighted by Gasteiger charge is -1.95. The fourth-order valence-electron chi connectivity index (χ4n) is 0.703. The molecule has 1 aromatic heterocycles. The number of anilines is 1. The number of hydrogen-bond donors (Lipinski definition) is 3. The molecule has 0 fully saturated rings. The van der Waals surface area contributed by atoms with Crippen molar-refractivity contribution in [2.45, 2.75) is 0 Å². The van der Waals surface area contributed by atoms with E-state index in [1.54, 1.807) is 5.38 Å². The van der Waals surface area contributed by atoms with Crippen LogP contribution in [-0.4, -0.2) is 23.5 Å². The highest BCUT2D eigenvalue weighted by atomic mass is 32.1. The molecule has 0 aliphatic heterocycles. The first-order valence-electron chi connectivity index (χ1n) is 3.39. The first-order chi connectivity index (χ1) is 6.25. The van der Waals surface area contributed by atoms with Gasteiger partial charge in [0, 0.05) is 0 Å². The standard InChI is InChI=1S/C7H7N3O2S/c8-2-3-9-10-6-5(7(11)12)1-4-13-6/h1-4,8,10H,(H,11,12)/p+1/b8-2?,9-3-. The van der Waals surface area contributed by atoms with Crippen molar-refractivity contribution in [3.63, 3.8) is 0 Å². The highest BCUT2D eigenvalue weighted by Crippen LogP contribution is 2.22. The fourth-order valence-corrected chi connectivity index (χ4v) is 1.43. The first-order valence-corrected chi connectivity index (χ1v) is 4.27. The zero-order valence-corrected chi connectivity index (χ0v) is 7.41. The van der Waals surface area contributed by atoms with Gasteiger partial charge in [0.25, 0.3) is 0 Å². The molecule has 0 aliphatic carbocycles. The topological polar surface area (TPSA) is 87.3 Å². The molecular weight excluding hydrogens is 190 g/mol. The molecule has 1 heterocycles. The van der Waals surface area contributed by atoms with Gasteiger partial charge in [-0.05, 0) is 11.4 Å². The Morgan fingerprint density at radius 2 is 2.54 bits per heavy atom. The zero-order valence-electron chi connectivity index (χ0n) is 6.60. The van der Waals surface area contributed by atoms with Crippen molar-refractivity contribution in [2.75, 3.05) is 5.43 Å². The van der Waals surface area contributed by atoms with Crippen molar-refractivity contribution in [2.24, 2.45) is 5.10 Å². The molecule has 1 rings (SSSR count). The van der Waals surface area contributed by atoms with Crippen LogP contribution in [0.3, 0.4) is 0 Å². The van der Waals surface area contributed by atoms with Crippen molar-refractivity contribution < 1.29 is 15.3 Å². The second-order valence-corrected chi connectivity index (χ2v) is 2.97. The highest BCUT2D eigenvalue weighted by Gasteiger charge is 2.09. The van der Waals surface area contributed by atoms with E-state index in [1.807, 2.05) is 0 Å². The molecule has 0 aromatic carbocycles. The van der Waals surface area contributed by atoms with E-state index in [4.69, 9.17) is 10.5 Å². The Morgan fingerprint density at radius 1 is 1.77 bits per heavy atom. The summed E-state index contributed by atoms with van der Waals surface area (Å²) in [5, 5.41) is 19.6. The molecule has 0 bridgehead atoms. The number of thiophene rings is 1. The van der Waals surface area contributed by atoms with Gasteiger partial charge in [0.05, 0.1) is 5.56 Å². The van der Waals surface area contributed by atoms with Crippen LogP contribution in [-0.2, 0) is 0 Å². The number of carboxylic acid groups (broad SMARTS) is 1. The van der Waals surface area contributed by atoms with Gasteiger partial charge in [-0.1, -0.05) is 0 Å². The van der Waals surface area contributed by atoms with Crippen molar-refractivity contribution in [3.05, 3.63) is 17.0 Å². The molecule has 13 heavy (non-hydrogen) atoms. The second-order valence-electron chi connectivity index (χ2n) is 2.05. The third kappa shape index (κ3) is 2.38. The Hall–Kier alpha value is -1.69. The minimum absolute atomic E-state index is 0.208. The Bertz CT molecular complexity index is 345. The van der Waals surface area contributed by atoms with Gasteiger partial charge in [0.15, 0.2) is 6.21 Å². The summed E-state index contributed by atoms with van der Waals surface area (Å²) < 4.78 is 0. The molecule has 5 nitrogen and oxygen atoms in total. The molecule has 1 aromatic rings.